The molecule has 0 aliphatic heterocycles. The van der Waals surface area contributed by atoms with Crippen LogP contribution in [0.3, 0.4) is 0 Å². The van der Waals surface area contributed by atoms with Crippen LogP contribution in [-0.2, 0) is 5.41 Å². The summed E-state index contributed by atoms with van der Waals surface area (Å²) in [5, 5.41) is 11.3. The van der Waals surface area contributed by atoms with Gasteiger partial charge in [-0.3, -0.25) is 0 Å². The Morgan fingerprint density at radius 1 is 1.67 bits per heavy atom. The molecule has 12 heavy (non-hydrogen) atoms. The number of nitrogens with two attached hydrogens (primary N) is 1. The lowest BCUT2D eigenvalue weighted by atomic mass is 9.66. The van der Waals surface area contributed by atoms with E-state index in [1.807, 2.05) is 6.07 Å². The quantitative estimate of drug-likeness (QED) is 0.721. The molecule has 3 N–H and O–H groups in total. The monoisotopic (exact) mass is 183 g/mol. The first-order valence-electron chi connectivity index (χ1n) is 4.19. The summed E-state index contributed by atoms with van der Waals surface area (Å²) in [6.45, 7) is 0.657. The number of hydrogen-bond donors (Lipinski definition) is 2. The van der Waals surface area contributed by atoms with Gasteiger partial charge in [0.25, 0.3) is 0 Å². The van der Waals surface area contributed by atoms with Gasteiger partial charge in [0.1, 0.15) is 0 Å². The summed E-state index contributed by atoms with van der Waals surface area (Å²) >= 11 is 1.74. The molecule has 1 heterocycles. The molecular formula is C9H13NOS. The highest BCUT2D eigenvalue weighted by Crippen LogP contribution is 2.44. The van der Waals surface area contributed by atoms with Crippen LogP contribution in [0.25, 0.3) is 0 Å². The third-order valence-corrected chi connectivity index (χ3v) is 3.80. The Hall–Kier alpha value is -0.380. The Morgan fingerprint density at radius 3 is 2.83 bits per heavy atom. The zero-order chi connectivity index (χ0) is 8.60. The van der Waals surface area contributed by atoms with E-state index in [0.717, 1.165) is 12.8 Å². The molecule has 1 aromatic heterocycles. The van der Waals surface area contributed by atoms with Crippen LogP contribution in [0.1, 0.15) is 17.7 Å². The van der Waals surface area contributed by atoms with E-state index in [-0.39, 0.29) is 11.5 Å². The van der Waals surface area contributed by atoms with Crippen molar-refractivity contribution < 1.29 is 5.11 Å². The van der Waals surface area contributed by atoms with E-state index in [9.17, 15) is 5.11 Å². The van der Waals surface area contributed by atoms with Gasteiger partial charge in [-0.25, -0.2) is 0 Å². The van der Waals surface area contributed by atoms with Crippen molar-refractivity contribution in [3.8, 4) is 0 Å². The lowest BCUT2D eigenvalue weighted by Crippen LogP contribution is -2.49. The fourth-order valence-corrected chi connectivity index (χ4v) is 2.85. The predicted octanol–water partition coefficient (Wildman–Crippen LogP) is 1.10. The molecule has 0 aromatic carbocycles. The van der Waals surface area contributed by atoms with E-state index in [4.69, 9.17) is 5.73 Å². The summed E-state index contributed by atoms with van der Waals surface area (Å²) in [5.74, 6) is 0. The van der Waals surface area contributed by atoms with Gasteiger partial charge in [-0.1, -0.05) is 6.07 Å². The molecule has 0 unspecified atom stereocenters. The van der Waals surface area contributed by atoms with Crippen molar-refractivity contribution in [1.82, 2.24) is 0 Å². The van der Waals surface area contributed by atoms with E-state index in [2.05, 4.69) is 11.4 Å². The Labute approximate surface area is 76.0 Å². The largest absolute Gasteiger partial charge is 0.393 e. The van der Waals surface area contributed by atoms with Gasteiger partial charge in [0.2, 0.25) is 0 Å². The third kappa shape index (κ3) is 1.09. The maximum absolute atomic E-state index is 9.26. The van der Waals surface area contributed by atoms with E-state index in [1.54, 1.807) is 11.3 Å². The minimum atomic E-state index is -0.129. The van der Waals surface area contributed by atoms with Gasteiger partial charge in [0.15, 0.2) is 0 Å². The maximum atomic E-state index is 9.26. The average Bonchev–Trinajstić information content (AvgIpc) is 2.50. The van der Waals surface area contributed by atoms with Gasteiger partial charge in [-0.2, -0.15) is 0 Å². The molecular weight excluding hydrogens is 170 g/mol. The molecule has 1 saturated carbocycles. The van der Waals surface area contributed by atoms with Gasteiger partial charge in [0, 0.05) is 16.8 Å². The van der Waals surface area contributed by atoms with Crippen LogP contribution in [0.5, 0.6) is 0 Å². The molecule has 0 radical (unpaired) electrons. The summed E-state index contributed by atoms with van der Waals surface area (Å²) < 4.78 is 0. The maximum Gasteiger partial charge on any atom is 0.0558 e. The molecule has 0 bridgehead atoms. The zero-order valence-corrected chi connectivity index (χ0v) is 7.68. The van der Waals surface area contributed by atoms with Gasteiger partial charge in [-0.15, -0.1) is 11.3 Å². The molecule has 66 valence electrons. The summed E-state index contributed by atoms with van der Waals surface area (Å²) in [5.41, 5.74) is 5.82. The molecule has 1 aliphatic rings. The molecule has 3 heteroatoms. The lowest BCUT2D eigenvalue weighted by molar-refractivity contribution is 0.0239. The van der Waals surface area contributed by atoms with Gasteiger partial charge in [0.05, 0.1) is 6.10 Å². The van der Waals surface area contributed by atoms with Crippen LogP contribution < -0.4 is 5.73 Å². The number of rotatable bonds is 2. The second kappa shape index (κ2) is 2.83. The normalized spacial score (nSPS) is 34.7. The SMILES string of the molecule is NCC1(c2cccs2)CC(O)C1. The van der Waals surface area contributed by atoms with Crippen molar-refractivity contribution in [2.24, 2.45) is 5.73 Å². The van der Waals surface area contributed by atoms with Crippen molar-refractivity contribution >= 4 is 11.3 Å². The minimum Gasteiger partial charge on any atom is -0.393 e. The van der Waals surface area contributed by atoms with E-state index >= 15 is 0 Å². The van der Waals surface area contributed by atoms with Crippen LogP contribution >= 0.6 is 11.3 Å². The summed E-state index contributed by atoms with van der Waals surface area (Å²) in [6, 6.07) is 4.16. The van der Waals surface area contributed by atoms with Crippen molar-refractivity contribution in [2.45, 2.75) is 24.4 Å². The molecule has 0 saturated heterocycles. The number of aliphatic hydroxyl groups is 1. The van der Waals surface area contributed by atoms with Crippen LogP contribution in [0, 0.1) is 0 Å². The molecule has 2 nitrogen and oxygen atoms in total. The van der Waals surface area contributed by atoms with Crippen molar-refractivity contribution in [2.75, 3.05) is 6.54 Å². The number of hydrogen-bond acceptors (Lipinski definition) is 3. The summed E-state index contributed by atoms with van der Waals surface area (Å²) in [7, 11) is 0. The van der Waals surface area contributed by atoms with Crippen molar-refractivity contribution in [1.29, 1.82) is 0 Å². The second-order valence-electron chi connectivity index (χ2n) is 3.52. The third-order valence-electron chi connectivity index (χ3n) is 2.69. The Bertz CT molecular complexity index is 252. The van der Waals surface area contributed by atoms with E-state index < -0.39 is 0 Å². The molecule has 1 aliphatic carbocycles. The molecule has 0 atom stereocenters. The minimum absolute atomic E-state index is 0.105. The topological polar surface area (TPSA) is 46.2 Å². The fraction of sp³-hybridized carbons (Fsp3) is 0.556. The highest BCUT2D eigenvalue weighted by atomic mass is 32.1. The smallest absolute Gasteiger partial charge is 0.0558 e. The molecule has 0 amide bonds. The first-order chi connectivity index (χ1) is 5.77. The van der Waals surface area contributed by atoms with Crippen LogP contribution in [0.15, 0.2) is 17.5 Å². The number of thiophene rings is 1. The molecule has 1 fully saturated rings. The fourth-order valence-electron chi connectivity index (χ4n) is 1.89. The first kappa shape index (κ1) is 8.23. The Morgan fingerprint density at radius 2 is 2.42 bits per heavy atom. The van der Waals surface area contributed by atoms with Crippen molar-refractivity contribution in [3.05, 3.63) is 22.4 Å². The lowest BCUT2D eigenvalue weighted by Gasteiger charge is -2.44. The van der Waals surface area contributed by atoms with Crippen LogP contribution in [-0.4, -0.2) is 17.8 Å². The number of aliphatic hydroxyl groups excluding tert-OH is 1. The zero-order valence-electron chi connectivity index (χ0n) is 6.86. The van der Waals surface area contributed by atoms with Gasteiger partial charge in [-0.05, 0) is 24.3 Å². The summed E-state index contributed by atoms with van der Waals surface area (Å²) in [4.78, 5) is 1.33. The van der Waals surface area contributed by atoms with Gasteiger partial charge < -0.3 is 10.8 Å². The molecule has 0 spiro atoms. The Kier molecular flexibility index (Phi) is 1.94. The van der Waals surface area contributed by atoms with Crippen LogP contribution in [0.2, 0.25) is 0 Å². The first-order valence-corrected chi connectivity index (χ1v) is 5.07. The Balaban J connectivity index is 2.20. The van der Waals surface area contributed by atoms with Gasteiger partial charge >= 0.3 is 0 Å². The highest BCUT2D eigenvalue weighted by Gasteiger charge is 2.44. The second-order valence-corrected chi connectivity index (χ2v) is 4.47. The standard InChI is InChI=1S/C9H13NOS/c10-6-9(4-7(11)5-9)8-2-1-3-12-8/h1-3,7,11H,4-6,10H2. The molecule has 1 aromatic rings. The van der Waals surface area contributed by atoms with E-state index in [1.165, 1.54) is 4.88 Å². The summed E-state index contributed by atoms with van der Waals surface area (Å²) in [6.07, 6.45) is 1.55. The molecule has 2 rings (SSSR count). The predicted molar refractivity (Wildman–Crippen MR) is 50.3 cm³/mol. The van der Waals surface area contributed by atoms with E-state index in [0.29, 0.717) is 6.54 Å². The average molecular weight is 183 g/mol. The van der Waals surface area contributed by atoms with Crippen LogP contribution in [0.4, 0.5) is 0 Å². The van der Waals surface area contributed by atoms with Crippen molar-refractivity contribution in [3.63, 3.8) is 0 Å². The highest BCUT2D eigenvalue weighted by molar-refractivity contribution is 7.10.